The minimum atomic E-state index is -0.422. The first kappa shape index (κ1) is 18.9. The summed E-state index contributed by atoms with van der Waals surface area (Å²) in [5.41, 5.74) is 4.49. The monoisotopic (exact) mass is 359 g/mol. The van der Waals surface area contributed by atoms with Crippen LogP contribution in [0.2, 0.25) is 0 Å². The lowest BCUT2D eigenvalue weighted by atomic mass is 10.0. The van der Waals surface area contributed by atoms with Crippen molar-refractivity contribution in [1.82, 2.24) is 9.97 Å². The van der Waals surface area contributed by atoms with E-state index in [0.29, 0.717) is 16.4 Å². The molecular formula is C18H21N3O3S. The van der Waals surface area contributed by atoms with Gasteiger partial charge in [0.05, 0.1) is 18.4 Å². The fourth-order valence-electron chi connectivity index (χ4n) is 2.34. The molecule has 1 aromatic heterocycles. The smallest absolute Gasteiger partial charge is 0.338 e. The van der Waals surface area contributed by atoms with Crippen molar-refractivity contribution in [3.8, 4) is 0 Å². The van der Waals surface area contributed by atoms with Crippen LogP contribution < -0.4 is 5.32 Å². The Morgan fingerprint density at radius 2 is 1.72 bits per heavy atom. The summed E-state index contributed by atoms with van der Waals surface area (Å²) in [5.74, 6) is -0.426. The molecule has 6 nitrogen and oxygen atoms in total. The summed E-state index contributed by atoms with van der Waals surface area (Å²) in [7, 11) is 1.34. The standard InChI is InChI=1S/C18H21N3O3S/c1-10-6-14(8-15(13(10)4)17(23)24-5)21-16(22)9-25-18-19-11(2)7-12(3)20-18/h6-8H,9H2,1-5H3,(H,21,22). The highest BCUT2D eigenvalue weighted by atomic mass is 32.2. The van der Waals surface area contributed by atoms with Gasteiger partial charge in [0.25, 0.3) is 0 Å². The molecule has 25 heavy (non-hydrogen) atoms. The van der Waals surface area contributed by atoms with Crippen molar-refractivity contribution in [1.29, 1.82) is 0 Å². The van der Waals surface area contributed by atoms with E-state index in [0.717, 1.165) is 22.5 Å². The van der Waals surface area contributed by atoms with Crippen LogP contribution in [0.5, 0.6) is 0 Å². The number of aromatic nitrogens is 2. The van der Waals surface area contributed by atoms with E-state index in [2.05, 4.69) is 15.3 Å². The quantitative estimate of drug-likeness (QED) is 0.501. The number of esters is 1. The average molecular weight is 359 g/mol. The minimum absolute atomic E-state index is 0.184. The summed E-state index contributed by atoms with van der Waals surface area (Å²) >= 11 is 1.27. The van der Waals surface area contributed by atoms with Crippen LogP contribution in [0.3, 0.4) is 0 Å². The van der Waals surface area contributed by atoms with Crippen molar-refractivity contribution >= 4 is 29.3 Å². The molecule has 0 aliphatic heterocycles. The number of benzene rings is 1. The number of methoxy groups -OCH3 is 1. The van der Waals surface area contributed by atoms with E-state index in [4.69, 9.17) is 4.74 Å². The molecule has 2 rings (SSSR count). The molecule has 0 unspecified atom stereocenters. The van der Waals surface area contributed by atoms with Gasteiger partial charge in [-0.1, -0.05) is 11.8 Å². The Labute approximate surface area is 151 Å². The van der Waals surface area contributed by atoms with Crippen LogP contribution in [-0.2, 0) is 9.53 Å². The fraction of sp³-hybridized carbons (Fsp3) is 0.333. The Kier molecular flexibility index (Phi) is 6.14. The van der Waals surface area contributed by atoms with E-state index >= 15 is 0 Å². The molecule has 0 aliphatic carbocycles. The van der Waals surface area contributed by atoms with Crippen molar-refractivity contribution in [3.63, 3.8) is 0 Å². The zero-order valence-corrected chi connectivity index (χ0v) is 15.8. The van der Waals surface area contributed by atoms with Crippen LogP contribution in [0.25, 0.3) is 0 Å². The van der Waals surface area contributed by atoms with E-state index in [9.17, 15) is 9.59 Å². The highest BCUT2D eigenvalue weighted by Crippen LogP contribution is 2.21. The molecule has 0 aliphatic rings. The second-order valence-corrected chi connectivity index (χ2v) is 6.67. The van der Waals surface area contributed by atoms with E-state index in [-0.39, 0.29) is 11.7 Å². The van der Waals surface area contributed by atoms with Gasteiger partial charge >= 0.3 is 5.97 Å². The van der Waals surface area contributed by atoms with Gasteiger partial charge in [0.2, 0.25) is 5.91 Å². The van der Waals surface area contributed by atoms with Gasteiger partial charge in [-0.2, -0.15) is 0 Å². The number of aryl methyl sites for hydroxylation is 3. The Balaban J connectivity index is 2.07. The topological polar surface area (TPSA) is 81.2 Å². The molecule has 1 aromatic carbocycles. The first-order chi connectivity index (χ1) is 11.8. The zero-order valence-electron chi connectivity index (χ0n) is 15.0. The molecule has 2 aromatic rings. The Morgan fingerprint density at radius 1 is 1.08 bits per heavy atom. The molecule has 1 amide bonds. The Bertz CT molecular complexity index is 801. The third kappa shape index (κ3) is 5.03. The maximum atomic E-state index is 12.2. The van der Waals surface area contributed by atoms with Crippen molar-refractivity contribution in [2.24, 2.45) is 0 Å². The second kappa shape index (κ2) is 8.11. The molecule has 0 spiro atoms. The molecule has 0 saturated carbocycles. The maximum Gasteiger partial charge on any atom is 0.338 e. The molecule has 0 radical (unpaired) electrons. The number of anilines is 1. The molecule has 0 bridgehead atoms. The summed E-state index contributed by atoms with van der Waals surface area (Å²) in [6.45, 7) is 7.51. The highest BCUT2D eigenvalue weighted by Gasteiger charge is 2.14. The van der Waals surface area contributed by atoms with E-state index in [1.807, 2.05) is 39.8 Å². The minimum Gasteiger partial charge on any atom is -0.465 e. The first-order valence-corrected chi connectivity index (χ1v) is 8.73. The second-order valence-electron chi connectivity index (χ2n) is 5.73. The SMILES string of the molecule is COC(=O)c1cc(NC(=O)CSc2nc(C)cc(C)n2)cc(C)c1C. The number of carbonyl (C=O) groups excluding carboxylic acids is 2. The van der Waals surface area contributed by atoms with E-state index in [1.54, 1.807) is 6.07 Å². The number of hydrogen-bond acceptors (Lipinski definition) is 6. The van der Waals surface area contributed by atoms with Gasteiger partial charge in [-0.05, 0) is 57.0 Å². The summed E-state index contributed by atoms with van der Waals surface area (Å²) < 4.78 is 4.79. The predicted molar refractivity (Wildman–Crippen MR) is 98.1 cm³/mol. The molecule has 1 N–H and O–H groups in total. The third-order valence-corrected chi connectivity index (χ3v) is 4.50. The van der Waals surface area contributed by atoms with Gasteiger partial charge in [-0.3, -0.25) is 4.79 Å². The fourth-order valence-corrected chi connectivity index (χ4v) is 3.09. The molecule has 0 fully saturated rings. The van der Waals surface area contributed by atoms with Gasteiger partial charge in [0.15, 0.2) is 5.16 Å². The normalized spacial score (nSPS) is 10.4. The molecule has 7 heteroatoms. The largest absolute Gasteiger partial charge is 0.465 e. The first-order valence-electron chi connectivity index (χ1n) is 7.74. The van der Waals surface area contributed by atoms with E-state index in [1.165, 1.54) is 18.9 Å². The van der Waals surface area contributed by atoms with Crippen molar-refractivity contribution < 1.29 is 14.3 Å². The van der Waals surface area contributed by atoms with Gasteiger partial charge in [-0.15, -0.1) is 0 Å². The van der Waals surface area contributed by atoms with Crippen molar-refractivity contribution in [3.05, 3.63) is 46.3 Å². The van der Waals surface area contributed by atoms with Gasteiger partial charge in [0, 0.05) is 17.1 Å². The van der Waals surface area contributed by atoms with Crippen LogP contribution in [0, 0.1) is 27.7 Å². The van der Waals surface area contributed by atoms with Crippen LogP contribution >= 0.6 is 11.8 Å². The number of amides is 1. The number of thioether (sulfide) groups is 1. The number of ether oxygens (including phenoxy) is 1. The third-order valence-electron chi connectivity index (χ3n) is 3.65. The summed E-state index contributed by atoms with van der Waals surface area (Å²) in [5, 5.41) is 3.38. The predicted octanol–water partition coefficient (Wildman–Crippen LogP) is 3.23. The Morgan fingerprint density at radius 3 is 2.32 bits per heavy atom. The highest BCUT2D eigenvalue weighted by molar-refractivity contribution is 7.99. The average Bonchev–Trinajstić information content (AvgIpc) is 2.54. The summed E-state index contributed by atoms with van der Waals surface area (Å²) in [4.78, 5) is 32.6. The van der Waals surface area contributed by atoms with E-state index < -0.39 is 5.97 Å². The van der Waals surface area contributed by atoms with Crippen molar-refractivity contribution in [2.45, 2.75) is 32.9 Å². The number of carbonyl (C=O) groups is 2. The number of rotatable bonds is 5. The van der Waals surface area contributed by atoms with Gasteiger partial charge in [-0.25, -0.2) is 14.8 Å². The summed E-state index contributed by atoms with van der Waals surface area (Å²) in [6.07, 6.45) is 0. The lowest BCUT2D eigenvalue weighted by Crippen LogP contribution is -2.16. The van der Waals surface area contributed by atoms with Crippen molar-refractivity contribution in [2.75, 3.05) is 18.2 Å². The molecule has 0 saturated heterocycles. The zero-order chi connectivity index (χ0) is 18.6. The van der Waals surface area contributed by atoms with Crippen LogP contribution in [0.1, 0.15) is 32.9 Å². The van der Waals surface area contributed by atoms with Gasteiger partial charge in [0.1, 0.15) is 0 Å². The Hall–Kier alpha value is -2.41. The number of nitrogens with one attached hydrogen (secondary N) is 1. The number of hydrogen-bond donors (Lipinski definition) is 1. The summed E-state index contributed by atoms with van der Waals surface area (Å²) in [6, 6.07) is 5.34. The molecule has 0 atom stereocenters. The maximum absolute atomic E-state index is 12.2. The molecule has 1 heterocycles. The molecule has 132 valence electrons. The van der Waals surface area contributed by atoms with Crippen LogP contribution in [-0.4, -0.2) is 34.7 Å². The molecular weight excluding hydrogens is 338 g/mol. The van der Waals surface area contributed by atoms with Crippen LogP contribution in [0.4, 0.5) is 5.69 Å². The van der Waals surface area contributed by atoms with Crippen LogP contribution in [0.15, 0.2) is 23.4 Å². The number of nitrogens with zero attached hydrogens (tertiary/aromatic N) is 2. The lowest BCUT2D eigenvalue weighted by molar-refractivity contribution is -0.113. The van der Waals surface area contributed by atoms with Gasteiger partial charge < -0.3 is 10.1 Å². The lowest BCUT2D eigenvalue weighted by Gasteiger charge is -2.11.